The van der Waals surface area contributed by atoms with Crippen molar-refractivity contribution in [1.82, 2.24) is 15.1 Å². The molecular weight excluding hydrogens is 325 g/mol. The number of hydrogen-bond donors (Lipinski definition) is 1. The van der Waals surface area contributed by atoms with Crippen LogP contribution in [0, 0.1) is 11.7 Å². The molecule has 25 heavy (non-hydrogen) atoms. The summed E-state index contributed by atoms with van der Waals surface area (Å²) in [7, 11) is 0. The fraction of sp³-hybridized carbons (Fsp3) is 0.500. The summed E-state index contributed by atoms with van der Waals surface area (Å²) < 4.78 is 14.1. The summed E-state index contributed by atoms with van der Waals surface area (Å²) in [6.45, 7) is 4.48. The van der Waals surface area contributed by atoms with Gasteiger partial charge in [-0.15, -0.1) is 0 Å². The highest BCUT2D eigenvalue weighted by atomic mass is 19.1. The Balaban J connectivity index is 1.78. The Hall–Kier alpha value is -2.44. The maximum Gasteiger partial charge on any atom is 0.325 e. The molecule has 2 saturated heterocycles. The van der Waals surface area contributed by atoms with Gasteiger partial charge in [0, 0.05) is 18.7 Å². The fourth-order valence-corrected chi connectivity index (χ4v) is 3.54. The summed E-state index contributed by atoms with van der Waals surface area (Å²) in [6, 6.07) is 5.15. The number of nitrogens with one attached hydrogen (secondary N) is 1. The standard InChI is InChI=1S/C18H22FN3O3/c1-12-6-5-9-21(10-12)15(23)11-22-16(24)18(2,20-17(22)25)13-7-3-4-8-14(13)19/h3-4,7-8,12H,5-6,9-11H2,1-2H3,(H,20,25)/t12-,18-/m0/s1. The Morgan fingerprint density at radius 2 is 2.08 bits per heavy atom. The van der Waals surface area contributed by atoms with Crippen molar-refractivity contribution in [3.05, 3.63) is 35.6 Å². The van der Waals surface area contributed by atoms with Gasteiger partial charge in [0.25, 0.3) is 5.91 Å². The minimum absolute atomic E-state index is 0.0925. The number of amides is 4. The van der Waals surface area contributed by atoms with Crippen molar-refractivity contribution in [2.24, 2.45) is 5.92 Å². The first kappa shape index (κ1) is 17.4. The van der Waals surface area contributed by atoms with Gasteiger partial charge in [0.1, 0.15) is 17.9 Å². The summed E-state index contributed by atoms with van der Waals surface area (Å²) in [5.41, 5.74) is -1.41. The van der Waals surface area contributed by atoms with Gasteiger partial charge in [0.15, 0.2) is 0 Å². The van der Waals surface area contributed by atoms with E-state index in [0.717, 1.165) is 17.7 Å². The van der Waals surface area contributed by atoms with E-state index in [0.29, 0.717) is 19.0 Å². The zero-order valence-corrected chi connectivity index (χ0v) is 14.4. The van der Waals surface area contributed by atoms with Crippen LogP contribution in [0.1, 0.15) is 32.3 Å². The minimum Gasteiger partial charge on any atom is -0.341 e. The van der Waals surface area contributed by atoms with Gasteiger partial charge in [-0.05, 0) is 31.7 Å². The van der Waals surface area contributed by atoms with Crippen LogP contribution in [-0.2, 0) is 15.1 Å². The molecule has 0 bridgehead atoms. The van der Waals surface area contributed by atoms with Gasteiger partial charge in [-0.25, -0.2) is 9.18 Å². The van der Waals surface area contributed by atoms with Crippen molar-refractivity contribution >= 4 is 17.8 Å². The molecule has 0 spiro atoms. The molecule has 2 aliphatic heterocycles. The summed E-state index contributed by atoms with van der Waals surface area (Å²) in [5, 5.41) is 2.53. The Labute approximate surface area is 146 Å². The molecule has 0 unspecified atom stereocenters. The maximum atomic E-state index is 14.1. The molecule has 0 saturated carbocycles. The molecule has 2 atom stereocenters. The quantitative estimate of drug-likeness (QED) is 0.849. The average Bonchev–Trinajstić information content (AvgIpc) is 2.79. The zero-order chi connectivity index (χ0) is 18.2. The van der Waals surface area contributed by atoms with Gasteiger partial charge in [-0.2, -0.15) is 0 Å². The third kappa shape index (κ3) is 3.10. The molecule has 1 N–H and O–H groups in total. The van der Waals surface area contributed by atoms with Gasteiger partial charge in [-0.1, -0.05) is 25.1 Å². The monoisotopic (exact) mass is 347 g/mol. The number of carbonyl (C=O) groups is 3. The lowest BCUT2D eigenvalue weighted by Crippen LogP contribution is -2.47. The average molecular weight is 347 g/mol. The highest BCUT2D eigenvalue weighted by Gasteiger charge is 2.50. The Kier molecular flexibility index (Phi) is 4.49. The first-order valence-electron chi connectivity index (χ1n) is 8.50. The fourth-order valence-electron chi connectivity index (χ4n) is 3.54. The normalized spacial score (nSPS) is 26.8. The molecule has 0 radical (unpaired) electrons. The van der Waals surface area contributed by atoms with Crippen LogP contribution in [0.2, 0.25) is 0 Å². The van der Waals surface area contributed by atoms with Crippen molar-refractivity contribution in [3.63, 3.8) is 0 Å². The van der Waals surface area contributed by atoms with Crippen LogP contribution in [0.25, 0.3) is 0 Å². The van der Waals surface area contributed by atoms with E-state index in [4.69, 9.17) is 0 Å². The molecule has 7 heteroatoms. The highest BCUT2D eigenvalue weighted by molar-refractivity contribution is 6.09. The van der Waals surface area contributed by atoms with E-state index in [-0.39, 0.29) is 18.0 Å². The second-order valence-electron chi connectivity index (χ2n) is 7.01. The van der Waals surface area contributed by atoms with Crippen LogP contribution < -0.4 is 5.32 Å². The summed E-state index contributed by atoms with van der Waals surface area (Å²) in [4.78, 5) is 40.1. The SMILES string of the molecule is C[C@H]1CCCN(C(=O)CN2C(=O)N[C@@](C)(c3ccccc3F)C2=O)C1. The Bertz CT molecular complexity index is 723. The number of hydrogen-bond acceptors (Lipinski definition) is 3. The molecule has 2 aliphatic rings. The molecule has 0 aromatic heterocycles. The molecule has 2 heterocycles. The van der Waals surface area contributed by atoms with Gasteiger partial charge in [-0.3, -0.25) is 14.5 Å². The summed E-state index contributed by atoms with van der Waals surface area (Å²) in [5.74, 6) is -1.03. The second-order valence-corrected chi connectivity index (χ2v) is 7.01. The van der Waals surface area contributed by atoms with E-state index in [9.17, 15) is 18.8 Å². The van der Waals surface area contributed by atoms with E-state index in [2.05, 4.69) is 12.2 Å². The van der Waals surface area contributed by atoms with Crippen LogP contribution in [0.4, 0.5) is 9.18 Å². The van der Waals surface area contributed by atoms with Crippen LogP contribution >= 0.6 is 0 Å². The smallest absolute Gasteiger partial charge is 0.325 e. The van der Waals surface area contributed by atoms with E-state index < -0.39 is 23.3 Å². The number of piperidine rings is 1. The number of halogens is 1. The number of urea groups is 1. The number of nitrogens with zero attached hydrogens (tertiary/aromatic N) is 2. The van der Waals surface area contributed by atoms with E-state index in [1.165, 1.54) is 25.1 Å². The second kappa shape index (κ2) is 6.46. The summed E-state index contributed by atoms with van der Waals surface area (Å²) >= 11 is 0. The van der Waals surface area contributed by atoms with E-state index in [1.807, 2.05) is 0 Å². The van der Waals surface area contributed by atoms with Crippen molar-refractivity contribution in [2.75, 3.05) is 19.6 Å². The molecule has 134 valence electrons. The summed E-state index contributed by atoms with van der Waals surface area (Å²) in [6.07, 6.45) is 1.98. The molecule has 3 rings (SSSR count). The third-order valence-electron chi connectivity index (χ3n) is 4.99. The largest absolute Gasteiger partial charge is 0.341 e. The number of imide groups is 1. The first-order valence-corrected chi connectivity index (χ1v) is 8.50. The minimum atomic E-state index is -1.50. The topological polar surface area (TPSA) is 69.7 Å². The molecule has 2 fully saturated rings. The molecule has 0 aliphatic carbocycles. The van der Waals surface area contributed by atoms with E-state index in [1.54, 1.807) is 11.0 Å². The van der Waals surface area contributed by atoms with Crippen molar-refractivity contribution in [3.8, 4) is 0 Å². The van der Waals surface area contributed by atoms with Gasteiger partial charge in [0.2, 0.25) is 5.91 Å². The Morgan fingerprint density at radius 3 is 2.76 bits per heavy atom. The predicted octanol–water partition coefficient (Wildman–Crippen LogP) is 1.85. The van der Waals surface area contributed by atoms with Crippen LogP contribution in [0.15, 0.2) is 24.3 Å². The first-order chi connectivity index (χ1) is 11.8. The maximum absolute atomic E-state index is 14.1. The molecule has 4 amide bonds. The number of benzene rings is 1. The highest BCUT2D eigenvalue weighted by Crippen LogP contribution is 2.30. The zero-order valence-electron chi connectivity index (χ0n) is 14.4. The lowest BCUT2D eigenvalue weighted by Gasteiger charge is -2.31. The van der Waals surface area contributed by atoms with Crippen LogP contribution in [0.5, 0.6) is 0 Å². The van der Waals surface area contributed by atoms with Crippen LogP contribution in [-0.4, -0.2) is 47.3 Å². The Morgan fingerprint density at radius 1 is 1.36 bits per heavy atom. The predicted molar refractivity (Wildman–Crippen MR) is 89.0 cm³/mol. The number of carbonyl (C=O) groups excluding carboxylic acids is 3. The van der Waals surface area contributed by atoms with E-state index >= 15 is 0 Å². The molecular formula is C18H22FN3O3. The van der Waals surface area contributed by atoms with Crippen molar-refractivity contribution in [2.45, 2.75) is 32.2 Å². The molecule has 6 nitrogen and oxygen atoms in total. The van der Waals surface area contributed by atoms with Crippen molar-refractivity contribution in [1.29, 1.82) is 0 Å². The van der Waals surface area contributed by atoms with Crippen LogP contribution in [0.3, 0.4) is 0 Å². The third-order valence-corrected chi connectivity index (χ3v) is 4.99. The lowest BCUT2D eigenvalue weighted by atomic mass is 9.91. The molecule has 1 aromatic carbocycles. The lowest BCUT2D eigenvalue weighted by molar-refractivity contribution is -0.139. The van der Waals surface area contributed by atoms with Gasteiger partial charge >= 0.3 is 6.03 Å². The van der Waals surface area contributed by atoms with Crippen molar-refractivity contribution < 1.29 is 18.8 Å². The van der Waals surface area contributed by atoms with Gasteiger partial charge in [0.05, 0.1) is 0 Å². The number of rotatable bonds is 3. The molecule has 1 aromatic rings. The van der Waals surface area contributed by atoms with Gasteiger partial charge < -0.3 is 10.2 Å². The number of likely N-dealkylation sites (tertiary alicyclic amines) is 1.